The third-order valence-corrected chi connectivity index (χ3v) is 4.30. The number of hydrogen-bond acceptors (Lipinski definition) is 6. The van der Waals surface area contributed by atoms with Crippen molar-refractivity contribution in [1.82, 2.24) is 4.72 Å². The van der Waals surface area contributed by atoms with Crippen LogP contribution in [0.1, 0.15) is 25.5 Å². The molecule has 0 radical (unpaired) electrons. The molecule has 1 aromatic carbocycles. The van der Waals surface area contributed by atoms with Gasteiger partial charge >= 0.3 is 10.3 Å². The molecule has 2 rings (SSSR count). The third-order valence-electron chi connectivity index (χ3n) is 3.36. The van der Waals surface area contributed by atoms with E-state index in [1.165, 1.54) is 7.05 Å². The van der Waals surface area contributed by atoms with Crippen LogP contribution in [0.5, 0.6) is 0 Å². The summed E-state index contributed by atoms with van der Waals surface area (Å²) in [6, 6.07) is 7.65. The van der Waals surface area contributed by atoms with Gasteiger partial charge in [0.15, 0.2) is 5.79 Å². The highest BCUT2D eigenvalue weighted by atomic mass is 32.2. The molecule has 1 unspecified atom stereocenters. The lowest BCUT2D eigenvalue weighted by Crippen LogP contribution is -2.29. The number of rotatable bonds is 6. The molecular weight excluding hydrogens is 308 g/mol. The molecule has 2 N–H and O–H groups in total. The van der Waals surface area contributed by atoms with Gasteiger partial charge < -0.3 is 14.8 Å². The Morgan fingerprint density at radius 3 is 2.55 bits per heavy atom. The zero-order valence-electron chi connectivity index (χ0n) is 13.1. The van der Waals surface area contributed by atoms with Gasteiger partial charge in [-0.15, -0.1) is 0 Å². The predicted octanol–water partition coefficient (Wildman–Crippen LogP) is 1.40. The summed E-state index contributed by atoms with van der Waals surface area (Å²) < 4.78 is 41.6. The second-order valence-corrected chi connectivity index (χ2v) is 6.93. The predicted molar refractivity (Wildman–Crippen MR) is 82.7 cm³/mol. The Labute approximate surface area is 131 Å². The minimum absolute atomic E-state index is 0.130. The molecule has 0 saturated carbocycles. The summed E-state index contributed by atoms with van der Waals surface area (Å²) in [7, 11) is -0.660. The number of ether oxygens (including phenoxy) is 2. The fourth-order valence-electron chi connectivity index (χ4n) is 2.41. The van der Waals surface area contributed by atoms with Crippen LogP contribution in [-0.2, 0) is 24.0 Å². The summed E-state index contributed by atoms with van der Waals surface area (Å²) in [4.78, 5) is 0. The summed E-state index contributed by atoms with van der Waals surface area (Å²) in [5.41, 5.74) is 1.79. The van der Waals surface area contributed by atoms with E-state index in [0.29, 0.717) is 0 Å². The molecule has 1 heterocycles. The van der Waals surface area contributed by atoms with Gasteiger partial charge in [0.25, 0.3) is 0 Å². The number of nitrogens with one attached hydrogen (secondary N) is 2. The van der Waals surface area contributed by atoms with E-state index in [-0.39, 0.29) is 6.61 Å². The monoisotopic (exact) mass is 330 g/mol. The van der Waals surface area contributed by atoms with E-state index in [0.717, 1.165) is 11.3 Å². The van der Waals surface area contributed by atoms with Crippen molar-refractivity contribution >= 4 is 16.0 Å². The van der Waals surface area contributed by atoms with E-state index in [1.54, 1.807) is 13.8 Å². The standard InChI is InChI=1S/C14H22N2O5S/c1-14(2)20-12(9-19-22(17,18)16-4)13(21-14)10-7-5-6-8-11(10)15-3/h5-8,12-13,15-16H,9H2,1-4H3/t12-,13?/m1/s1. The molecule has 1 fully saturated rings. The fourth-order valence-corrected chi connectivity index (χ4v) is 2.84. The molecule has 0 amide bonds. The van der Waals surface area contributed by atoms with Crippen LogP contribution in [0.3, 0.4) is 0 Å². The largest absolute Gasteiger partial charge is 0.388 e. The Balaban J connectivity index is 2.23. The van der Waals surface area contributed by atoms with Gasteiger partial charge in [-0.2, -0.15) is 13.1 Å². The molecule has 0 spiro atoms. The van der Waals surface area contributed by atoms with Crippen molar-refractivity contribution in [3.8, 4) is 0 Å². The smallest absolute Gasteiger partial charge is 0.335 e. The van der Waals surface area contributed by atoms with Gasteiger partial charge in [-0.1, -0.05) is 18.2 Å². The molecule has 124 valence electrons. The number of benzene rings is 1. The average Bonchev–Trinajstić information content (AvgIpc) is 2.80. The molecule has 8 heteroatoms. The first-order valence-corrected chi connectivity index (χ1v) is 8.39. The summed E-state index contributed by atoms with van der Waals surface area (Å²) >= 11 is 0. The first kappa shape index (κ1) is 17.2. The van der Waals surface area contributed by atoms with E-state index in [2.05, 4.69) is 10.0 Å². The molecule has 0 aliphatic carbocycles. The highest BCUT2D eigenvalue weighted by Crippen LogP contribution is 2.40. The molecule has 0 aromatic heterocycles. The van der Waals surface area contributed by atoms with Crippen molar-refractivity contribution in [3.63, 3.8) is 0 Å². The summed E-state index contributed by atoms with van der Waals surface area (Å²) in [6.45, 7) is 3.44. The van der Waals surface area contributed by atoms with Crippen LogP contribution in [0.4, 0.5) is 5.69 Å². The molecule has 1 aliphatic rings. The number of hydrogen-bond donors (Lipinski definition) is 2. The fraction of sp³-hybridized carbons (Fsp3) is 0.571. The summed E-state index contributed by atoms with van der Waals surface area (Å²) in [5, 5.41) is 3.10. The van der Waals surface area contributed by atoms with E-state index in [4.69, 9.17) is 13.7 Å². The lowest BCUT2D eigenvalue weighted by atomic mass is 10.0. The minimum Gasteiger partial charge on any atom is -0.388 e. The number of anilines is 1. The maximum atomic E-state index is 11.4. The first-order valence-electron chi connectivity index (χ1n) is 6.98. The molecule has 1 saturated heterocycles. The molecule has 2 atom stereocenters. The molecule has 1 aliphatic heterocycles. The van der Waals surface area contributed by atoms with Crippen LogP contribution in [0.2, 0.25) is 0 Å². The number of para-hydroxylation sites is 1. The van der Waals surface area contributed by atoms with Gasteiger partial charge in [-0.05, 0) is 19.9 Å². The lowest BCUT2D eigenvalue weighted by Gasteiger charge is -2.20. The van der Waals surface area contributed by atoms with Crippen molar-refractivity contribution < 1.29 is 22.1 Å². The quantitative estimate of drug-likeness (QED) is 0.820. The zero-order valence-corrected chi connectivity index (χ0v) is 13.9. The minimum atomic E-state index is -3.77. The normalized spacial score (nSPS) is 24.4. The SMILES string of the molecule is CNc1ccccc1C1OC(C)(C)O[C@@H]1COS(=O)(=O)NC. The van der Waals surface area contributed by atoms with Gasteiger partial charge in [0.2, 0.25) is 0 Å². The molecule has 7 nitrogen and oxygen atoms in total. The Morgan fingerprint density at radius 2 is 1.91 bits per heavy atom. The maximum Gasteiger partial charge on any atom is 0.335 e. The van der Waals surface area contributed by atoms with Crippen LogP contribution >= 0.6 is 0 Å². The Bertz CT molecular complexity index is 617. The summed E-state index contributed by atoms with van der Waals surface area (Å²) in [6.07, 6.45) is -0.960. The second kappa shape index (κ2) is 6.51. The third kappa shape index (κ3) is 3.96. The molecular formula is C14H22N2O5S. The topological polar surface area (TPSA) is 85.9 Å². The van der Waals surface area contributed by atoms with Crippen molar-refractivity contribution in [2.75, 3.05) is 26.0 Å². The van der Waals surface area contributed by atoms with Crippen molar-refractivity contribution in [2.45, 2.75) is 31.8 Å². The van der Waals surface area contributed by atoms with Crippen LogP contribution in [0, 0.1) is 0 Å². The van der Waals surface area contributed by atoms with E-state index >= 15 is 0 Å². The van der Waals surface area contributed by atoms with Crippen LogP contribution < -0.4 is 10.0 Å². The zero-order chi connectivity index (χ0) is 16.4. The molecule has 0 bridgehead atoms. The molecule has 22 heavy (non-hydrogen) atoms. The lowest BCUT2D eigenvalue weighted by molar-refractivity contribution is -0.148. The van der Waals surface area contributed by atoms with Crippen molar-refractivity contribution in [2.24, 2.45) is 0 Å². The van der Waals surface area contributed by atoms with E-state index in [9.17, 15) is 8.42 Å². The second-order valence-electron chi connectivity index (χ2n) is 5.37. The first-order chi connectivity index (χ1) is 10.3. The average molecular weight is 330 g/mol. The van der Waals surface area contributed by atoms with Crippen molar-refractivity contribution in [1.29, 1.82) is 0 Å². The summed E-state index contributed by atoms with van der Waals surface area (Å²) in [5.74, 6) is -0.817. The van der Waals surface area contributed by atoms with Crippen molar-refractivity contribution in [3.05, 3.63) is 29.8 Å². The highest BCUT2D eigenvalue weighted by molar-refractivity contribution is 7.84. The van der Waals surface area contributed by atoms with E-state index in [1.807, 2.05) is 31.3 Å². The van der Waals surface area contributed by atoms with Gasteiger partial charge in [-0.3, -0.25) is 4.18 Å². The van der Waals surface area contributed by atoms with Gasteiger partial charge in [0, 0.05) is 25.3 Å². The molecule has 1 aromatic rings. The Morgan fingerprint density at radius 1 is 1.23 bits per heavy atom. The Hall–Kier alpha value is -1.19. The van der Waals surface area contributed by atoms with Crippen LogP contribution in [0.15, 0.2) is 24.3 Å². The van der Waals surface area contributed by atoms with Gasteiger partial charge in [-0.25, -0.2) is 0 Å². The van der Waals surface area contributed by atoms with Crippen LogP contribution in [0.25, 0.3) is 0 Å². The van der Waals surface area contributed by atoms with Gasteiger partial charge in [0.1, 0.15) is 12.2 Å². The highest BCUT2D eigenvalue weighted by Gasteiger charge is 2.43. The Kier molecular flexibility index (Phi) is 5.08. The maximum absolute atomic E-state index is 11.4. The van der Waals surface area contributed by atoms with Crippen LogP contribution in [-0.4, -0.2) is 41.0 Å². The van der Waals surface area contributed by atoms with Gasteiger partial charge in [0.05, 0.1) is 6.61 Å². The van der Waals surface area contributed by atoms with E-state index < -0.39 is 28.3 Å².